The van der Waals surface area contributed by atoms with Crippen LogP contribution in [0.15, 0.2) is 0 Å². The number of nitrogens with two attached hydrogens (primary N) is 1. The van der Waals surface area contributed by atoms with E-state index < -0.39 is 12.0 Å². The average Bonchev–Trinajstić information content (AvgIpc) is 2.72. The molecule has 0 spiro atoms. The molecular formula is C9H15NO2S. The van der Waals surface area contributed by atoms with E-state index in [4.69, 9.17) is 10.8 Å². The predicted molar refractivity (Wildman–Crippen MR) is 52.8 cm³/mol. The number of aliphatic carboxylic acids is 1. The van der Waals surface area contributed by atoms with Crippen molar-refractivity contribution in [3.05, 3.63) is 0 Å². The molecule has 1 heterocycles. The number of thioether (sulfide) groups is 1. The highest BCUT2D eigenvalue weighted by Gasteiger charge is 2.56. The van der Waals surface area contributed by atoms with E-state index in [9.17, 15) is 4.79 Å². The van der Waals surface area contributed by atoms with Gasteiger partial charge in [-0.25, -0.2) is 0 Å². The van der Waals surface area contributed by atoms with E-state index in [0.717, 1.165) is 19.3 Å². The lowest BCUT2D eigenvalue weighted by Gasteiger charge is -2.25. The maximum absolute atomic E-state index is 10.8. The number of hydrogen-bond acceptors (Lipinski definition) is 3. The van der Waals surface area contributed by atoms with Crippen molar-refractivity contribution in [1.82, 2.24) is 0 Å². The summed E-state index contributed by atoms with van der Waals surface area (Å²) in [5.41, 5.74) is 5.68. The lowest BCUT2D eigenvalue weighted by molar-refractivity contribution is -0.140. The van der Waals surface area contributed by atoms with Gasteiger partial charge in [0.05, 0.1) is 0 Å². The molecule has 3 N–H and O–H groups in total. The SMILES string of the molecule is NC(C(=O)O)C1(C2CCCS2)CC1. The zero-order valence-electron chi connectivity index (χ0n) is 7.53. The Kier molecular flexibility index (Phi) is 2.28. The van der Waals surface area contributed by atoms with Crippen LogP contribution in [0.3, 0.4) is 0 Å². The van der Waals surface area contributed by atoms with E-state index in [1.165, 1.54) is 12.2 Å². The van der Waals surface area contributed by atoms with Crippen LogP contribution in [0.4, 0.5) is 0 Å². The van der Waals surface area contributed by atoms with E-state index in [0.29, 0.717) is 5.25 Å². The molecule has 1 saturated heterocycles. The first kappa shape index (κ1) is 9.34. The molecule has 2 atom stereocenters. The molecule has 13 heavy (non-hydrogen) atoms. The molecule has 3 nitrogen and oxygen atoms in total. The molecule has 2 rings (SSSR count). The second-order valence-corrected chi connectivity index (χ2v) is 5.36. The minimum absolute atomic E-state index is 0.0486. The van der Waals surface area contributed by atoms with Crippen LogP contribution in [0.5, 0.6) is 0 Å². The molecule has 2 unspecified atom stereocenters. The fourth-order valence-electron chi connectivity index (χ4n) is 2.25. The minimum atomic E-state index is -0.829. The van der Waals surface area contributed by atoms with E-state index in [1.807, 2.05) is 11.8 Å². The molecule has 2 aliphatic rings. The van der Waals surface area contributed by atoms with Crippen molar-refractivity contribution in [2.45, 2.75) is 37.0 Å². The third-order valence-electron chi connectivity index (χ3n) is 3.28. The summed E-state index contributed by atoms with van der Waals surface area (Å²) in [7, 11) is 0. The smallest absolute Gasteiger partial charge is 0.321 e. The zero-order valence-corrected chi connectivity index (χ0v) is 8.35. The lowest BCUT2D eigenvalue weighted by Crippen LogP contribution is -2.43. The lowest BCUT2D eigenvalue weighted by atomic mass is 9.90. The third kappa shape index (κ3) is 1.46. The van der Waals surface area contributed by atoms with Crippen LogP contribution in [0.2, 0.25) is 0 Å². The summed E-state index contributed by atoms with van der Waals surface area (Å²) in [5, 5.41) is 9.40. The molecule has 0 radical (unpaired) electrons. The number of carbonyl (C=O) groups is 1. The van der Waals surface area contributed by atoms with Gasteiger partial charge in [-0.1, -0.05) is 0 Å². The highest BCUT2D eigenvalue weighted by molar-refractivity contribution is 8.00. The molecular weight excluding hydrogens is 186 g/mol. The van der Waals surface area contributed by atoms with Crippen molar-refractivity contribution in [2.24, 2.45) is 11.1 Å². The van der Waals surface area contributed by atoms with E-state index >= 15 is 0 Å². The first-order valence-electron chi connectivity index (χ1n) is 4.77. The van der Waals surface area contributed by atoms with E-state index in [1.54, 1.807) is 0 Å². The van der Waals surface area contributed by atoms with Crippen LogP contribution in [0, 0.1) is 5.41 Å². The molecule has 1 aliphatic heterocycles. The van der Waals surface area contributed by atoms with Crippen molar-refractivity contribution in [2.75, 3.05) is 5.75 Å². The van der Waals surface area contributed by atoms with Crippen LogP contribution < -0.4 is 5.73 Å². The van der Waals surface area contributed by atoms with Crippen LogP contribution in [-0.4, -0.2) is 28.1 Å². The van der Waals surface area contributed by atoms with Gasteiger partial charge >= 0.3 is 5.97 Å². The van der Waals surface area contributed by atoms with Crippen molar-refractivity contribution in [3.63, 3.8) is 0 Å². The standard InChI is InChI=1S/C9H15NO2S/c10-7(8(11)12)9(3-4-9)6-2-1-5-13-6/h6-7H,1-5,10H2,(H,11,12). The van der Waals surface area contributed by atoms with E-state index in [-0.39, 0.29) is 5.41 Å². The summed E-state index contributed by atoms with van der Waals surface area (Å²) in [6, 6.07) is -0.636. The minimum Gasteiger partial charge on any atom is -0.480 e. The Labute approximate surface area is 82.1 Å². The van der Waals surface area contributed by atoms with Crippen molar-refractivity contribution in [3.8, 4) is 0 Å². The summed E-state index contributed by atoms with van der Waals surface area (Å²) >= 11 is 1.91. The van der Waals surface area contributed by atoms with Gasteiger partial charge in [0.1, 0.15) is 6.04 Å². The summed E-state index contributed by atoms with van der Waals surface area (Å²) in [5.74, 6) is 0.351. The second kappa shape index (κ2) is 3.17. The molecule has 4 heteroatoms. The van der Waals surface area contributed by atoms with Gasteiger partial charge in [0.2, 0.25) is 0 Å². The summed E-state index contributed by atoms with van der Waals surface area (Å²) in [6.45, 7) is 0. The van der Waals surface area contributed by atoms with Crippen LogP contribution in [-0.2, 0) is 4.79 Å². The average molecular weight is 201 g/mol. The number of hydrogen-bond donors (Lipinski definition) is 2. The zero-order chi connectivity index (χ0) is 9.47. The largest absolute Gasteiger partial charge is 0.480 e. The molecule has 0 aromatic carbocycles. The van der Waals surface area contributed by atoms with Crippen molar-refractivity contribution >= 4 is 17.7 Å². The number of rotatable bonds is 3. The Morgan fingerprint density at radius 1 is 1.62 bits per heavy atom. The maximum Gasteiger partial charge on any atom is 0.321 e. The quantitative estimate of drug-likeness (QED) is 0.717. The number of carboxylic acid groups (broad SMARTS) is 1. The molecule has 2 fully saturated rings. The van der Waals surface area contributed by atoms with Gasteiger partial charge < -0.3 is 10.8 Å². The Balaban J connectivity index is 2.06. The summed E-state index contributed by atoms with van der Waals surface area (Å²) in [6.07, 6.45) is 4.41. The molecule has 74 valence electrons. The van der Waals surface area contributed by atoms with E-state index in [2.05, 4.69) is 0 Å². The van der Waals surface area contributed by atoms with Crippen molar-refractivity contribution < 1.29 is 9.90 Å². The summed E-state index contributed by atoms with van der Waals surface area (Å²) in [4.78, 5) is 10.8. The summed E-state index contributed by atoms with van der Waals surface area (Å²) < 4.78 is 0. The topological polar surface area (TPSA) is 63.3 Å². The van der Waals surface area contributed by atoms with Gasteiger partial charge in [-0.2, -0.15) is 11.8 Å². The highest BCUT2D eigenvalue weighted by atomic mass is 32.2. The van der Waals surface area contributed by atoms with Crippen LogP contribution >= 0.6 is 11.8 Å². The van der Waals surface area contributed by atoms with Gasteiger partial charge in [-0.15, -0.1) is 0 Å². The Morgan fingerprint density at radius 2 is 2.31 bits per heavy atom. The van der Waals surface area contributed by atoms with Crippen LogP contribution in [0.1, 0.15) is 25.7 Å². The molecule has 1 aliphatic carbocycles. The van der Waals surface area contributed by atoms with Gasteiger partial charge in [0.15, 0.2) is 0 Å². The second-order valence-electron chi connectivity index (χ2n) is 4.05. The molecule has 0 aromatic rings. The highest BCUT2D eigenvalue weighted by Crippen LogP contribution is 2.58. The van der Waals surface area contributed by atoms with Gasteiger partial charge in [0.25, 0.3) is 0 Å². The fourth-order valence-corrected chi connectivity index (χ4v) is 3.92. The number of carboxylic acids is 1. The molecule has 0 aromatic heterocycles. The van der Waals surface area contributed by atoms with Gasteiger partial charge in [-0.05, 0) is 31.4 Å². The Morgan fingerprint density at radius 3 is 2.69 bits per heavy atom. The van der Waals surface area contributed by atoms with Crippen LogP contribution in [0.25, 0.3) is 0 Å². The Hall–Kier alpha value is -0.220. The third-order valence-corrected chi connectivity index (χ3v) is 4.92. The Bertz CT molecular complexity index is 222. The van der Waals surface area contributed by atoms with Gasteiger partial charge in [0, 0.05) is 10.7 Å². The molecule has 1 saturated carbocycles. The predicted octanol–water partition coefficient (Wildman–Crippen LogP) is 1.07. The van der Waals surface area contributed by atoms with Gasteiger partial charge in [-0.3, -0.25) is 4.79 Å². The first-order chi connectivity index (χ1) is 6.17. The fraction of sp³-hybridized carbons (Fsp3) is 0.889. The maximum atomic E-state index is 10.8. The first-order valence-corrected chi connectivity index (χ1v) is 5.82. The monoisotopic (exact) mass is 201 g/mol. The molecule has 0 bridgehead atoms. The normalized spacial score (nSPS) is 32.8. The molecule has 0 amide bonds. The van der Waals surface area contributed by atoms with Crippen molar-refractivity contribution in [1.29, 1.82) is 0 Å².